The lowest BCUT2D eigenvalue weighted by Crippen LogP contribution is -3.14. The van der Waals surface area contributed by atoms with Gasteiger partial charge in [-0.3, -0.25) is 4.79 Å². The third-order valence-corrected chi connectivity index (χ3v) is 5.36. The van der Waals surface area contributed by atoms with Crippen molar-refractivity contribution < 1.29 is 9.69 Å². The largest absolute Gasteiger partial charge is 0.329 e. The number of Topliss-reactive ketones (excluding diaryl/α,β-unsaturated/α-hetero) is 1. The Labute approximate surface area is 126 Å². The van der Waals surface area contributed by atoms with E-state index in [1.165, 1.54) is 49.2 Å². The predicted octanol–water partition coefficient (Wildman–Crippen LogP) is 2.40. The number of hydrogen-bond donors (Lipinski definition) is 1. The van der Waals surface area contributed by atoms with Gasteiger partial charge in [-0.1, -0.05) is 30.2 Å². The summed E-state index contributed by atoms with van der Waals surface area (Å²) in [5.41, 5.74) is 0.976. The van der Waals surface area contributed by atoms with Crippen molar-refractivity contribution in [1.82, 2.24) is 0 Å². The maximum absolute atomic E-state index is 12.8. The zero-order valence-corrected chi connectivity index (χ0v) is 12.7. The van der Waals surface area contributed by atoms with Crippen LogP contribution in [0.3, 0.4) is 0 Å². The van der Waals surface area contributed by atoms with Gasteiger partial charge in [0, 0.05) is 5.02 Å². The van der Waals surface area contributed by atoms with E-state index >= 15 is 0 Å². The number of nitrogens with one attached hydrogen (secondary N) is 1. The van der Waals surface area contributed by atoms with Gasteiger partial charge in [-0.05, 0) is 49.8 Å². The van der Waals surface area contributed by atoms with Gasteiger partial charge < -0.3 is 4.90 Å². The van der Waals surface area contributed by atoms with Gasteiger partial charge >= 0.3 is 0 Å². The molecular formula is C17H23ClNO+. The maximum atomic E-state index is 12.8. The quantitative estimate of drug-likeness (QED) is 0.904. The minimum atomic E-state index is -0.199. The van der Waals surface area contributed by atoms with Crippen molar-refractivity contribution in [2.45, 2.75) is 43.9 Å². The Balaban J connectivity index is 1.74. The molecule has 0 aromatic heterocycles. The Morgan fingerprint density at radius 1 is 1.05 bits per heavy atom. The van der Waals surface area contributed by atoms with E-state index in [2.05, 4.69) is 0 Å². The highest BCUT2D eigenvalue weighted by atomic mass is 35.5. The third kappa shape index (κ3) is 2.64. The van der Waals surface area contributed by atoms with E-state index in [0.29, 0.717) is 12.3 Å². The average molecular weight is 293 g/mol. The molecule has 1 saturated heterocycles. The highest BCUT2D eigenvalue weighted by Gasteiger charge is 2.46. The summed E-state index contributed by atoms with van der Waals surface area (Å²) in [6, 6.07) is 7.92. The summed E-state index contributed by atoms with van der Waals surface area (Å²) < 4.78 is 0. The summed E-state index contributed by atoms with van der Waals surface area (Å²) >= 11 is 5.97. The zero-order valence-electron chi connectivity index (χ0n) is 12.0. The number of halogens is 1. The second-order valence-corrected chi connectivity index (χ2v) is 6.79. The lowest BCUT2D eigenvalue weighted by molar-refractivity contribution is -0.897. The standard InChI is InChI=1S/C17H22ClNO/c18-15-7-5-14(6-8-15)17(9-4-10-17)16(20)13-19-11-2-1-3-12-19/h5-8H,1-4,9-13H2/p+1. The number of carbonyl (C=O) groups is 1. The molecule has 1 N–H and O–H groups in total. The summed E-state index contributed by atoms with van der Waals surface area (Å²) in [6.45, 7) is 3.05. The second kappa shape index (κ2) is 5.87. The summed E-state index contributed by atoms with van der Waals surface area (Å²) in [7, 11) is 0. The van der Waals surface area contributed by atoms with Gasteiger partial charge in [-0.25, -0.2) is 0 Å². The molecule has 2 nitrogen and oxygen atoms in total. The third-order valence-electron chi connectivity index (χ3n) is 5.11. The van der Waals surface area contributed by atoms with Gasteiger partial charge in [-0.2, -0.15) is 0 Å². The van der Waals surface area contributed by atoms with E-state index in [-0.39, 0.29) is 5.41 Å². The number of carbonyl (C=O) groups excluding carboxylic acids is 1. The number of rotatable bonds is 4. The van der Waals surface area contributed by atoms with Crippen molar-refractivity contribution in [2.75, 3.05) is 19.6 Å². The average Bonchev–Trinajstić information content (AvgIpc) is 2.41. The highest BCUT2D eigenvalue weighted by Crippen LogP contribution is 2.44. The Morgan fingerprint density at radius 3 is 2.25 bits per heavy atom. The van der Waals surface area contributed by atoms with Crippen molar-refractivity contribution in [3.05, 3.63) is 34.9 Å². The van der Waals surface area contributed by atoms with Crippen LogP contribution in [0.1, 0.15) is 44.1 Å². The molecule has 1 aliphatic carbocycles. The Kier molecular flexibility index (Phi) is 4.13. The van der Waals surface area contributed by atoms with E-state index in [0.717, 1.165) is 17.9 Å². The van der Waals surface area contributed by atoms with Crippen molar-refractivity contribution in [2.24, 2.45) is 0 Å². The number of piperidine rings is 1. The first-order valence-corrected chi connectivity index (χ1v) is 8.21. The van der Waals surface area contributed by atoms with E-state index < -0.39 is 0 Å². The monoisotopic (exact) mass is 292 g/mol. The van der Waals surface area contributed by atoms with Crippen molar-refractivity contribution in [3.8, 4) is 0 Å². The van der Waals surface area contributed by atoms with E-state index in [9.17, 15) is 4.79 Å². The molecule has 0 spiro atoms. The normalized spacial score (nSPS) is 22.2. The first kappa shape index (κ1) is 14.1. The fraction of sp³-hybridized carbons (Fsp3) is 0.588. The second-order valence-electron chi connectivity index (χ2n) is 6.35. The van der Waals surface area contributed by atoms with Crippen LogP contribution in [0.2, 0.25) is 5.02 Å². The molecule has 0 unspecified atom stereocenters. The van der Waals surface area contributed by atoms with Crippen LogP contribution in [0, 0.1) is 0 Å². The molecule has 2 fully saturated rings. The van der Waals surface area contributed by atoms with Crippen LogP contribution in [0.15, 0.2) is 24.3 Å². The molecule has 20 heavy (non-hydrogen) atoms. The number of hydrogen-bond acceptors (Lipinski definition) is 1. The minimum Gasteiger partial charge on any atom is -0.329 e. The Hall–Kier alpha value is -0.860. The first-order chi connectivity index (χ1) is 9.71. The number of ketones is 1. The summed E-state index contributed by atoms with van der Waals surface area (Å²) in [5.74, 6) is 0.447. The predicted molar refractivity (Wildman–Crippen MR) is 81.4 cm³/mol. The van der Waals surface area contributed by atoms with Crippen LogP contribution in [-0.4, -0.2) is 25.4 Å². The molecule has 3 heteroatoms. The molecular weight excluding hydrogens is 270 g/mol. The Morgan fingerprint density at radius 2 is 1.70 bits per heavy atom. The van der Waals surface area contributed by atoms with Gasteiger partial charge in [0.25, 0.3) is 0 Å². The van der Waals surface area contributed by atoms with Crippen LogP contribution in [0.4, 0.5) is 0 Å². The molecule has 1 heterocycles. The molecule has 108 valence electrons. The number of benzene rings is 1. The van der Waals surface area contributed by atoms with Crippen molar-refractivity contribution in [3.63, 3.8) is 0 Å². The molecule has 1 aromatic carbocycles. The lowest BCUT2D eigenvalue weighted by Gasteiger charge is -2.41. The van der Waals surface area contributed by atoms with Crippen molar-refractivity contribution in [1.29, 1.82) is 0 Å². The first-order valence-electron chi connectivity index (χ1n) is 7.84. The molecule has 3 rings (SSSR count). The van der Waals surface area contributed by atoms with Crippen molar-refractivity contribution >= 4 is 17.4 Å². The van der Waals surface area contributed by atoms with Gasteiger partial charge in [0.15, 0.2) is 5.78 Å². The van der Waals surface area contributed by atoms with Gasteiger partial charge in [0.2, 0.25) is 0 Å². The molecule has 0 radical (unpaired) electrons. The number of quaternary nitrogens is 1. The highest BCUT2D eigenvalue weighted by molar-refractivity contribution is 6.30. The lowest BCUT2D eigenvalue weighted by atomic mass is 9.62. The van der Waals surface area contributed by atoms with E-state index in [4.69, 9.17) is 11.6 Å². The minimum absolute atomic E-state index is 0.199. The SMILES string of the molecule is O=C(C[NH+]1CCCCC1)C1(c2ccc(Cl)cc2)CCC1. The van der Waals surface area contributed by atoms with Crippen LogP contribution in [0.5, 0.6) is 0 Å². The van der Waals surface area contributed by atoms with E-state index in [1.807, 2.05) is 24.3 Å². The van der Waals surface area contributed by atoms with Crippen LogP contribution in [-0.2, 0) is 10.2 Å². The van der Waals surface area contributed by atoms with Gasteiger partial charge in [0.1, 0.15) is 6.54 Å². The van der Waals surface area contributed by atoms with Crippen LogP contribution in [0.25, 0.3) is 0 Å². The van der Waals surface area contributed by atoms with Gasteiger partial charge in [-0.15, -0.1) is 0 Å². The van der Waals surface area contributed by atoms with Crippen LogP contribution < -0.4 is 4.90 Å². The summed E-state index contributed by atoms with van der Waals surface area (Å²) in [5, 5.41) is 0.748. The fourth-order valence-electron chi connectivity index (χ4n) is 3.65. The summed E-state index contributed by atoms with van der Waals surface area (Å²) in [4.78, 5) is 14.3. The molecule has 2 aliphatic rings. The summed E-state index contributed by atoms with van der Waals surface area (Å²) in [6.07, 6.45) is 7.08. The molecule has 0 amide bonds. The fourth-order valence-corrected chi connectivity index (χ4v) is 3.78. The maximum Gasteiger partial charge on any atom is 0.197 e. The molecule has 1 saturated carbocycles. The Bertz CT molecular complexity index is 472. The molecule has 1 aromatic rings. The smallest absolute Gasteiger partial charge is 0.197 e. The molecule has 0 bridgehead atoms. The molecule has 1 aliphatic heterocycles. The number of likely N-dealkylation sites (tertiary alicyclic amines) is 1. The zero-order chi connectivity index (χ0) is 14.0. The van der Waals surface area contributed by atoms with Crippen LogP contribution >= 0.6 is 11.6 Å². The molecule has 0 atom stereocenters. The van der Waals surface area contributed by atoms with E-state index in [1.54, 1.807) is 0 Å². The van der Waals surface area contributed by atoms with Gasteiger partial charge in [0.05, 0.1) is 18.5 Å². The topological polar surface area (TPSA) is 21.5 Å².